The number of piperidine rings is 1. The Morgan fingerprint density at radius 3 is 2.46 bits per heavy atom. The van der Waals surface area contributed by atoms with Gasteiger partial charge in [0.2, 0.25) is 5.91 Å². The Labute approximate surface area is 163 Å². The van der Waals surface area contributed by atoms with Crippen molar-refractivity contribution >= 4 is 11.8 Å². The van der Waals surface area contributed by atoms with Crippen LogP contribution in [-0.4, -0.2) is 36.4 Å². The SMILES string of the molecule is O=C(N[C@H]1CCOc2ccccc21)C1CCN(C(=O)c2ccc(F)cc2)CC1. The molecule has 0 aromatic heterocycles. The normalized spacial score (nSPS) is 19.5. The first-order chi connectivity index (χ1) is 13.6. The molecule has 0 unspecified atom stereocenters. The number of amides is 2. The van der Waals surface area contributed by atoms with Gasteiger partial charge in [0.05, 0.1) is 12.6 Å². The average Bonchev–Trinajstić information content (AvgIpc) is 2.74. The maximum Gasteiger partial charge on any atom is 0.253 e. The van der Waals surface area contributed by atoms with Crippen LogP contribution in [0.5, 0.6) is 5.75 Å². The molecule has 146 valence electrons. The highest BCUT2D eigenvalue weighted by atomic mass is 19.1. The van der Waals surface area contributed by atoms with Gasteiger partial charge in [0.1, 0.15) is 11.6 Å². The highest BCUT2D eigenvalue weighted by Gasteiger charge is 2.30. The van der Waals surface area contributed by atoms with E-state index in [1.165, 1.54) is 24.3 Å². The summed E-state index contributed by atoms with van der Waals surface area (Å²) in [5, 5.41) is 3.16. The number of para-hydroxylation sites is 1. The van der Waals surface area contributed by atoms with Gasteiger partial charge in [-0.05, 0) is 43.2 Å². The Morgan fingerprint density at radius 1 is 1.00 bits per heavy atom. The summed E-state index contributed by atoms with van der Waals surface area (Å²) in [6.45, 7) is 1.64. The molecular formula is C22H23FN2O3. The number of nitrogens with zero attached hydrogens (tertiary/aromatic N) is 1. The van der Waals surface area contributed by atoms with Crippen molar-refractivity contribution in [2.75, 3.05) is 19.7 Å². The number of halogens is 1. The maximum atomic E-state index is 13.0. The number of nitrogens with one attached hydrogen (secondary N) is 1. The molecule has 1 atom stereocenters. The van der Waals surface area contributed by atoms with Crippen LogP contribution >= 0.6 is 0 Å². The van der Waals surface area contributed by atoms with Crippen molar-refractivity contribution in [2.24, 2.45) is 5.92 Å². The first-order valence-corrected chi connectivity index (χ1v) is 9.69. The van der Waals surface area contributed by atoms with Crippen molar-refractivity contribution in [1.82, 2.24) is 10.2 Å². The van der Waals surface area contributed by atoms with Gasteiger partial charge in [0.15, 0.2) is 0 Å². The maximum absolute atomic E-state index is 13.0. The van der Waals surface area contributed by atoms with Gasteiger partial charge in [-0.3, -0.25) is 9.59 Å². The van der Waals surface area contributed by atoms with Crippen molar-refractivity contribution in [3.8, 4) is 5.75 Å². The van der Waals surface area contributed by atoms with Crippen LogP contribution in [0.1, 0.15) is 41.2 Å². The highest BCUT2D eigenvalue weighted by molar-refractivity contribution is 5.94. The summed E-state index contributed by atoms with van der Waals surface area (Å²) < 4.78 is 18.7. The number of hydrogen-bond donors (Lipinski definition) is 1. The van der Waals surface area contributed by atoms with Crippen LogP contribution in [0.15, 0.2) is 48.5 Å². The van der Waals surface area contributed by atoms with Crippen LogP contribution in [-0.2, 0) is 4.79 Å². The number of rotatable bonds is 3. The lowest BCUT2D eigenvalue weighted by Crippen LogP contribution is -2.44. The summed E-state index contributed by atoms with van der Waals surface area (Å²) in [6.07, 6.45) is 2.01. The quantitative estimate of drug-likeness (QED) is 0.886. The number of carbonyl (C=O) groups is 2. The van der Waals surface area contributed by atoms with Gasteiger partial charge >= 0.3 is 0 Å². The van der Waals surface area contributed by atoms with E-state index >= 15 is 0 Å². The number of benzene rings is 2. The standard InChI is InChI=1S/C22H23FN2O3/c23-17-7-5-16(6-8-17)22(27)25-12-9-15(10-13-25)21(26)24-19-11-14-28-20-4-2-1-3-18(19)20/h1-8,15,19H,9-14H2,(H,24,26)/t19-/m0/s1. The summed E-state index contributed by atoms with van der Waals surface area (Å²) in [5.41, 5.74) is 1.49. The molecule has 0 aliphatic carbocycles. The minimum atomic E-state index is -0.360. The van der Waals surface area contributed by atoms with E-state index in [0.717, 1.165) is 17.7 Å². The number of likely N-dealkylation sites (tertiary alicyclic amines) is 1. The number of carbonyl (C=O) groups excluding carboxylic acids is 2. The third-order valence-electron chi connectivity index (χ3n) is 5.52. The largest absolute Gasteiger partial charge is 0.493 e. The zero-order chi connectivity index (χ0) is 19.5. The Morgan fingerprint density at radius 2 is 1.71 bits per heavy atom. The van der Waals surface area contributed by atoms with E-state index in [4.69, 9.17) is 4.74 Å². The van der Waals surface area contributed by atoms with Gasteiger partial charge < -0.3 is 15.0 Å². The third-order valence-corrected chi connectivity index (χ3v) is 5.52. The molecule has 1 saturated heterocycles. The molecule has 5 nitrogen and oxygen atoms in total. The molecule has 2 aliphatic rings. The molecule has 0 spiro atoms. The van der Waals surface area contributed by atoms with Crippen LogP contribution in [0.2, 0.25) is 0 Å². The molecule has 0 radical (unpaired) electrons. The molecule has 0 bridgehead atoms. The van der Waals surface area contributed by atoms with E-state index in [1.807, 2.05) is 24.3 Å². The molecule has 0 saturated carbocycles. The van der Waals surface area contributed by atoms with Crippen molar-refractivity contribution < 1.29 is 18.7 Å². The smallest absolute Gasteiger partial charge is 0.253 e. The fourth-order valence-corrected chi connectivity index (χ4v) is 3.90. The topological polar surface area (TPSA) is 58.6 Å². The molecule has 2 amide bonds. The lowest BCUT2D eigenvalue weighted by atomic mass is 9.93. The second-order valence-corrected chi connectivity index (χ2v) is 7.31. The fraction of sp³-hybridized carbons (Fsp3) is 0.364. The molecule has 2 aromatic carbocycles. The Hall–Kier alpha value is -2.89. The monoisotopic (exact) mass is 382 g/mol. The summed E-state index contributed by atoms with van der Waals surface area (Å²) in [4.78, 5) is 27.0. The van der Waals surface area contributed by atoms with Gasteiger partial charge in [-0.1, -0.05) is 18.2 Å². The van der Waals surface area contributed by atoms with Crippen LogP contribution in [0.3, 0.4) is 0 Å². The zero-order valence-electron chi connectivity index (χ0n) is 15.6. The molecular weight excluding hydrogens is 359 g/mol. The molecule has 2 aromatic rings. The second-order valence-electron chi connectivity index (χ2n) is 7.31. The fourth-order valence-electron chi connectivity index (χ4n) is 3.90. The molecule has 2 heterocycles. The second kappa shape index (κ2) is 8.00. The lowest BCUT2D eigenvalue weighted by Gasteiger charge is -2.33. The van der Waals surface area contributed by atoms with E-state index in [2.05, 4.69) is 5.32 Å². The number of ether oxygens (including phenoxy) is 1. The van der Waals surface area contributed by atoms with Crippen LogP contribution in [0, 0.1) is 11.7 Å². The minimum Gasteiger partial charge on any atom is -0.493 e. The predicted molar refractivity (Wildman–Crippen MR) is 102 cm³/mol. The third kappa shape index (κ3) is 3.86. The van der Waals surface area contributed by atoms with Gasteiger partial charge in [0.25, 0.3) is 5.91 Å². The Bertz CT molecular complexity index is 860. The lowest BCUT2D eigenvalue weighted by molar-refractivity contribution is -0.127. The minimum absolute atomic E-state index is 0.0312. The summed E-state index contributed by atoms with van der Waals surface area (Å²) in [5.74, 6) is 0.292. The molecule has 1 fully saturated rings. The van der Waals surface area contributed by atoms with E-state index in [9.17, 15) is 14.0 Å². The number of hydrogen-bond acceptors (Lipinski definition) is 3. The first kappa shape index (κ1) is 18.5. The average molecular weight is 382 g/mol. The Balaban J connectivity index is 1.33. The molecule has 4 rings (SSSR count). The van der Waals surface area contributed by atoms with Crippen LogP contribution in [0.25, 0.3) is 0 Å². The zero-order valence-corrected chi connectivity index (χ0v) is 15.6. The van der Waals surface area contributed by atoms with Gasteiger partial charge in [-0.2, -0.15) is 0 Å². The van der Waals surface area contributed by atoms with E-state index in [-0.39, 0.29) is 29.6 Å². The Kier molecular flexibility index (Phi) is 5.28. The van der Waals surface area contributed by atoms with Gasteiger partial charge in [-0.25, -0.2) is 4.39 Å². The summed E-state index contributed by atoms with van der Waals surface area (Å²) in [7, 11) is 0. The van der Waals surface area contributed by atoms with Crippen molar-refractivity contribution in [3.05, 3.63) is 65.5 Å². The van der Waals surface area contributed by atoms with Crippen LogP contribution in [0.4, 0.5) is 4.39 Å². The van der Waals surface area contributed by atoms with Gasteiger partial charge in [-0.15, -0.1) is 0 Å². The molecule has 6 heteroatoms. The first-order valence-electron chi connectivity index (χ1n) is 9.69. The summed E-state index contributed by atoms with van der Waals surface area (Å²) in [6, 6.07) is 13.3. The van der Waals surface area contributed by atoms with E-state index in [1.54, 1.807) is 4.90 Å². The highest BCUT2D eigenvalue weighted by Crippen LogP contribution is 2.32. The van der Waals surface area contributed by atoms with E-state index < -0.39 is 0 Å². The molecule has 2 aliphatic heterocycles. The molecule has 1 N–H and O–H groups in total. The number of fused-ring (bicyclic) bond motifs is 1. The van der Waals surface area contributed by atoms with Crippen LogP contribution < -0.4 is 10.1 Å². The predicted octanol–water partition coefficient (Wildman–Crippen LogP) is 3.32. The van der Waals surface area contributed by atoms with Crippen molar-refractivity contribution in [3.63, 3.8) is 0 Å². The molecule has 28 heavy (non-hydrogen) atoms. The van der Waals surface area contributed by atoms with Crippen molar-refractivity contribution in [2.45, 2.75) is 25.3 Å². The van der Waals surface area contributed by atoms with E-state index in [0.29, 0.717) is 38.1 Å². The van der Waals surface area contributed by atoms with Gasteiger partial charge in [0, 0.05) is 36.6 Å². The summed E-state index contributed by atoms with van der Waals surface area (Å²) >= 11 is 0. The van der Waals surface area contributed by atoms with Crippen molar-refractivity contribution in [1.29, 1.82) is 0 Å².